The summed E-state index contributed by atoms with van der Waals surface area (Å²) in [4.78, 5) is 29.1. The molecule has 1 unspecified atom stereocenters. The molecule has 0 aliphatic carbocycles. The first-order valence-corrected chi connectivity index (χ1v) is 7.73. The lowest BCUT2D eigenvalue weighted by atomic mass is 10.0. The van der Waals surface area contributed by atoms with Gasteiger partial charge in [0.2, 0.25) is 0 Å². The zero-order chi connectivity index (χ0) is 15.4. The second-order valence-corrected chi connectivity index (χ2v) is 6.08. The van der Waals surface area contributed by atoms with Crippen LogP contribution in [0, 0.1) is 6.92 Å². The monoisotopic (exact) mass is 291 g/mol. The van der Waals surface area contributed by atoms with Crippen molar-refractivity contribution in [2.45, 2.75) is 52.1 Å². The van der Waals surface area contributed by atoms with Crippen molar-refractivity contribution in [3.05, 3.63) is 33.7 Å². The van der Waals surface area contributed by atoms with Crippen LogP contribution in [0.3, 0.4) is 0 Å². The fourth-order valence-electron chi connectivity index (χ4n) is 2.74. The van der Waals surface area contributed by atoms with E-state index in [4.69, 9.17) is 0 Å². The van der Waals surface area contributed by atoms with E-state index in [1.807, 2.05) is 20.8 Å². The Labute approximate surface area is 125 Å². The predicted octanol–water partition coefficient (Wildman–Crippen LogP) is 1.68. The van der Waals surface area contributed by atoms with Crippen molar-refractivity contribution in [1.29, 1.82) is 0 Å². The Balaban J connectivity index is 2.16. The maximum atomic E-state index is 12.7. The quantitative estimate of drug-likeness (QED) is 0.887. The van der Waals surface area contributed by atoms with E-state index in [1.165, 1.54) is 12.8 Å². The van der Waals surface area contributed by atoms with Gasteiger partial charge in [0.05, 0.1) is 0 Å². The molecular weight excluding hydrogens is 266 g/mol. The number of hydrogen-bond donors (Lipinski definition) is 2. The van der Waals surface area contributed by atoms with Gasteiger partial charge in [-0.1, -0.05) is 6.42 Å². The lowest BCUT2D eigenvalue weighted by molar-refractivity contribution is 0.0675. The third-order valence-corrected chi connectivity index (χ3v) is 4.00. The molecule has 1 aliphatic rings. The van der Waals surface area contributed by atoms with Crippen LogP contribution < -0.4 is 10.9 Å². The molecule has 1 atom stereocenters. The van der Waals surface area contributed by atoms with Crippen LogP contribution in [-0.2, 0) is 0 Å². The number of hydrogen-bond acceptors (Lipinski definition) is 3. The molecule has 5 nitrogen and oxygen atoms in total. The van der Waals surface area contributed by atoms with Crippen molar-refractivity contribution in [3.63, 3.8) is 0 Å². The van der Waals surface area contributed by atoms with E-state index in [2.05, 4.69) is 10.3 Å². The highest BCUT2D eigenvalue weighted by Gasteiger charge is 2.25. The third-order valence-electron chi connectivity index (χ3n) is 4.00. The first-order valence-electron chi connectivity index (χ1n) is 7.73. The maximum absolute atomic E-state index is 12.7. The molecule has 116 valence electrons. The number of nitrogens with zero attached hydrogens (tertiary/aromatic N) is 1. The van der Waals surface area contributed by atoms with Crippen molar-refractivity contribution >= 4 is 5.91 Å². The summed E-state index contributed by atoms with van der Waals surface area (Å²) in [6, 6.07) is 3.79. The van der Waals surface area contributed by atoms with E-state index in [0.717, 1.165) is 18.7 Å². The molecule has 1 aromatic rings. The van der Waals surface area contributed by atoms with E-state index in [0.29, 0.717) is 12.6 Å². The van der Waals surface area contributed by atoms with Crippen LogP contribution >= 0.6 is 0 Å². The van der Waals surface area contributed by atoms with Crippen molar-refractivity contribution in [1.82, 2.24) is 15.2 Å². The van der Waals surface area contributed by atoms with Crippen LogP contribution in [0.5, 0.6) is 0 Å². The van der Waals surface area contributed by atoms with Crippen LogP contribution in [0.15, 0.2) is 16.9 Å². The van der Waals surface area contributed by atoms with Crippen LogP contribution in [0.4, 0.5) is 0 Å². The van der Waals surface area contributed by atoms with E-state index in [9.17, 15) is 9.59 Å². The van der Waals surface area contributed by atoms with Gasteiger partial charge in [-0.15, -0.1) is 0 Å². The SMILES string of the molecule is Cc1ccc(C(=O)N(CC2CCCCN2)C(C)C)c(=O)[nH]1. The molecule has 0 spiro atoms. The summed E-state index contributed by atoms with van der Waals surface area (Å²) in [7, 11) is 0. The molecule has 5 heteroatoms. The topological polar surface area (TPSA) is 65.2 Å². The summed E-state index contributed by atoms with van der Waals surface area (Å²) in [6.07, 6.45) is 3.48. The number of H-pyrrole nitrogens is 1. The summed E-state index contributed by atoms with van der Waals surface area (Å²) in [5.74, 6) is -0.182. The first kappa shape index (κ1) is 15.8. The molecule has 0 aromatic carbocycles. The maximum Gasteiger partial charge on any atom is 0.260 e. The molecule has 2 heterocycles. The highest BCUT2D eigenvalue weighted by atomic mass is 16.2. The molecule has 0 bridgehead atoms. The smallest absolute Gasteiger partial charge is 0.260 e. The number of amides is 1. The molecule has 1 aliphatic heterocycles. The second kappa shape index (κ2) is 6.89. The van der Waals surface area contributed by atoms with Crippen LogP contribution in [0.1, 0.15) is 49.2 Å². The van der Waals surface area contributed by atoms with Crippen LogP contribution in [0.2, 0.25) is 0 Å². The third kappa shape index (κ3) is 3.94. The number of piperidine rings is 1. The minimum absolute atomic E-state index is 0.0712. The Morgan fingerprint density at radius 2 is 2.14 bits per heavy atom. The summed E-state index contributed by atoms with van der Waals surface area (Å²) in [5.41, 5.74) is 0.689. The van der Waals surface area contributed by atoms with Gasteiger partial charge in [0.1, 0.15) is 5.56 Å². The number of rotatable bonds is 4. The Hall–Kier alpha value is -1.62. The number of aryl methyl sites for hydroxylation is 1. The Kier molecular flexibility index (Phi) is 5.17. The number of pyridine rings is 1. The van der Waals surface area contributed by atoms with Gasteiger partial charge in [-0.25, -0.2) is 0 Å². The van der Waals surface area contributed by atoms with Gasteiger partial charge in [0.15, 0.2) is 0 Å². The van der Waals surface area contributed by atoms with Gasteiger partial charge in [0, 0.05) is 24.3 Å². The summed E-state index contributed by atoms with van der Waals surface area (Å²) in [6.45, 7) is 7.45. The molecule has 2 N–H and O–H groups in total. The van der Waals surface area contributed by atoms with Gasteiger partial charge in [0.25, 0.3) is 11.5 Å². The van der Waals surface area contributed by atoms with Crippen molar-refractivity contribution in [2.24, 2.45) is 0 Å². The summed E-state index contributed by atoms with van der Waals surface area (Å²) < 4.78 is 0. The van der Waals surface area contributed by atoms with Crippen LogP contribution in [0.25, 0.3) is 0 Å². The van der Waals surface area contributed by atoms with Crippen molar-refractivity contribution in [2.75, 3.05) is 13.1 Å². The molecule has 1 saturated heterocycles. The van der Waals surface area contributed by atoms with Gasteiger partial charge in [-0.3, -0.25) is 9.59 Å². The second-order valence-electron chi connectivity index (χ2n) is 6.08. The van der Waals surface area contributed by atoms with E-state index >= 15 is 0 Å². The molecule has 1 aromatic heterocycles. The van der Waals surface area contributed by atoms with Crippen molar-refractivity contribution < 1.29 is 4.79 Å². The zero-order valence-corrected chi connectivity index (χ0v) is 13.1. The minimum Gasteiger partial charge on any atom is -0.334 e. The van der Waals surface area contributed by atoms with Crippen molar-refractivity contribution in [3.8, 4) is 0 Å². The first-order chi connectivity index (χ1) is 9.99. The Bertz CT molecular complexity index is 545. The summed E-state index contributed by atoms with van der Waals surface area (Å²) >= 11 is 0. The highest BCUT2D eigenvalue weighted by Crippen LogP contribution is 2.12. The predicted molar refractivity (Wildman–Crippen MR) is 83.6 cm³/mol. The number of aromatic amines is 1. The average Bonchev–Trinajstić information content (AvgIpc) is 2.45. The lowest BCUT2D eigenvalue weighted by Crippen LogP contribution is -2.49. The molecule has 0 radical (unpaired) electrons. The van der Waals surface area contributed by atoms with Gasteiger partial charge in [-0.05, 0) is 52.3 Å². The molecule has 21 heavy (non-hydrogen) atoms. The fraction of sp³-hybridized carbons (Fsp3) is 0.625. The average molecular weight is 291 g/mol. The molecule has 1 amide bonds. The molecular formula is C16H25N3O2. The Morgan fingerprint density at radius 1 is 1.38 bits per heavy atom. The van der Waals surface area contributed by atoms with E-state index in [-0.39, 0.29) is 23.1 Å². The highest BCUT2D eigenvalue weighted by molar-refractivity contribution is 5.94. The van der Waals surface area contributed by atoms with Gasteiger partial charge in [-0.2, -0.15) is 0 Å². The van der Waals surface area contributed by atoms with E-state index in [1.54, 1.807) is 17.0 Å². The molecule has 0 saturated carbocycles. The largest absolute Gasteiger partial charge is 0.334 e. The number of nitrogens with one attached hydrogen (secondary N) is 2. The van der Waals surface area contributed by atoms with Gasteiger partial charge < -0.3 is 15.2 Å². The fourth-order valence-corrected chi connectivity index (χ4v) is 2.74. The molecule has 2 rings (SSSR count). The normalized spacial score (nSPS) is 18.8. The number of carbonyl (C=O) groups excluding carboxylic acids is 1. The number of aromatic nitrogens is 1. The zero-order valence-electron chi connectivity index (χ0n) is 13.1. The van der Waals surface area contributed by atoms with Gasteiger partial charge >= 0.3 is 0 Å². The summed E-state index contributed by atoms with van der Waals surface area (Å²) in [5, 5.41) is 3.45. The van der Waals surface area contributed by atoms with Crippen LogP contribution in [-0.4, -0.2) is 41.0 Å². The molecule has 1 fully saturated rings. The lowest BCUT2D eigenvalue weighted by Gasteiger charge is -2.33. The Morgan fingerprint density at radius 3 is 2.71 bits per heavy atom. The number of carbonyl (C=O) groups is 1. The van der Waals surface area contributed by atoms with E-state index < -0.39 is 0 Å². The standard InChI is InChI=1S/C16H25N3O2/c1-11(2)19(10-13-6-4-5-9-17-13)16(21)14-8-7-12(3)18-15(14)20/h7-8,11,13,17H,4-6,9-10H2,1-3H3,(H,18,20). The minimum atomic E-state index is -0.303.